The Bertz CT molecular complexity index is 790. The van der Waals surface area contributed by atoms with E-state index in [0.717, 1.165) is 11.3 Å². The molecule has 1 aromatic carbocycles. The molecule has 0 aliphatic heterocycles. The van der Waals surface area contributed by atoms with E-state index in [0.29, 0.717) is 5.11 Å². The van der Waals surface area contributed by atoms with Gasteiger partial charge in [0.25, 0.3) is 5.69 Å². The predicted octanol–water partition coefficient (Wildman–Crippen LogP) is 2.88. The molecule has 9 nitrogen and oxygen atoms in total. The number of hydrogen-bond acceptors (Lipinski definition) is 7. The maximum absolute atomic E-state index is 11.2. The number of nitro groups is 2. The summed E-state index contributed by atoms with van der Waals surface area (Å²) in [5.41, 5.74) is -0.219. The van der Waals surface area contributed by atoms with E-state index in [1.807, 2.05) is 0 Å². The first-order valence-corrected chi connectivity index (χ1v) is 7.41. The molecule has 0 saturated carbocycles. The molecule has 2 aromatic rings. The Morgan fingerprint density at radius 3 is 2.48 bits per heavy atom. The van der Waals surface area contributed by atoms with E-state index in [9.17, 15) is 20.2 Å². The van der Waals surface area contributed by atoms with Crippen molar-refractivity contribution in [1.29, 1.82) is 0 Å². The summed E-state index contributed by atoms with van der Waals surface area (Å²) in [6.45, 7) is 0. The van der Waals surface area contributed by atoms with Gasteiger partial charge in [0.05, 0.1) is 15.4 Å². The molecule has 0 aliphatic carbocycles. The van der Waals surface area contributed by atoms with Crippen LogP contribution < -0.4 is 5.32 Å². The van der Waals surface area contributed by atoms with E-state index >= 15 is 0 Å². The number of hydrogen-bond donors (Lipinski definition) is 1. The minimum atomic E-state index is -0.617. The molecule has 0 bridgehead atoms. The number of thiocarbonyl (C=S) groups is 1. The lowest BCUT2D eigenvalue weighted by molar-refractivity contribution is -0.385. The molecule has 120 valence electrons. The van der Waals surface area contributed by atoms with Crippen LogP contribution in [-0.4, -0.2) is 38.9 Å². The van der Waals surface area contributed by atoms with Crippen molar-refractivity contribution < 1.29 is 9.85 Å². The second-order valence-corrected chi connectivity index (χ2v) is 5.89. The van der Waals surface area contributed by atoms with Crippen molar-refractivity contribution in [2.45, 2.75) is 0 Å². The van der Waals surface area contributed by atoms with Crippen LogP contribution in [0, 0.1) is 20.2 Å². The molecular formula is C12H11N5O4S2. The van der Waals surface area contributed by atoms with Gasteiger partial charge < -0.3 is 10.2 Å². The molecule has 1 N–H and O–H groups in total. The fraction of sp³-hybridized carbons (Fsp3) is 0.167. The van der Waals surface area contributed by atoms with Crippen LogP contribution in [0.25, 0.3) is 11.3 Å². The normalized spacial score (nSPS) is 10.2. The van der Waals surface area contributed by atoms with Crippen molar-refractivity contribution in [3.05, 3.63) is 44.5 Å². The second kappa shape index (κ2) is 6.62. The van der Waals surface area contributed by atoms with Gasteiger partial charge in [0.2, 0.25) is 0 Å². The highest BCUT2D eigenvalue weighted by Gasteiger charge is 2.28. The zero-order valence-corrected chi connectivity index (χ0v) is 13.7. The molecule has 11 heteroatoms. The number of anilines is 1. The molecule has 0 aliphatic rings. The number of aromatic nitrogens is 1. The SMILES string of the molecule is CN(C)C(=S)Nc1nc(-c2ccccc2[N+](=O)[O-])c([N+](=O)[O-])s1. The molecule has 0 radical (unpaired) electrons. The largest absolute Gasteiger partial charge is 0.355 e. The van der Waals surface area contributed by atoms with Crippen molar-refractivity contribution in [3.63, 3.8) is 0 Å². The minimum Gasteiger partial charge on any atom is -0.355 e. The maximum Gasteiger partial charge on any atom is 0.353 e. The summed E-state index contributed by atoms with van der Waals surface area (Å²) in [5, 5.41) is 25.4. The number of nitrogens with one attached hydrogen (secondary N) is 1. The monoisotopic (exact) mass is 353 g/mol. The Labute approximate surface area is 139 Å². The summed E-state index contributed by atoms with van der Waals surface area (Å²) in [6.07, 6.45) is 0. The number of benzene rings is 1. The minimum absolute atomic E-state index is 0.0589. The second-order valence-electron chi connectivity index (χ2n) is 4.53. The van der Waals surface area contributed by atoms with Crippen molar-refractivity contribution in [2.75, 3.05) is 19.4 Å². The van der Waals surface area contributed by atoms with Gasteiger partial charge in [-0.1, -0.05) is 12.1 Å². The van der Waals surface area contributed by atoms with Crippen LogP contribution >= 0.6 is 23.6 Å². The van der Waals surface area contributed by atoms with Crippen LogP contribution in [0.1, 0.15) is 0 Å². The summed E-state index contributed by atoms with van der Waals surface area (Å²) < 4.78 is 0. The molecule has 0 fully saturated rings. The third kappa shape index (κ3) is 3.57. The predicted molar refractivity (Wildman–Crippen MR) is 90.8 cm³/mol. The van der Waals surface area contributed by atoms with Crippen molar-refractivity contribution >= 4 is 44.5 Å². The Balaban J connectivity index is 2.54. The van der Waals surface area contributed by atoms with Gasteiger partial charge in [-0.05, 0) is 29.6 Å². The van der Waals surface area contributed by atoms with Crippen molar-refractivity contribution in [3.8, 4) is 11.3 Å². The van der Waals surface area contributed by atoms with Gasteiger partial charge in [0.1, 0.15) is 0 Å². The van der Waals surface area contributed by atoms with E-state index in [1.54, 1.807) is 25.1 Å². The Kier molecular flexibility index (Phi) is 4.81. The van der Waals surface area contributed by atoms with E-state index < -0.39 is 9.85 Å². The fourth-order valence-electron chi connectivity index (χ4n) is 1.70. The molecule has 0 amide bonds. The third-order valence-electron chi connectivity index (χ3n) is 2.75. The van der Waals surface area contributed by atoms with Crippen LogP contribution in [0.5, 0.6) is 0 Å². The Hall–Kier alpha value is -2.66. The van der Waals surface area contributed by atoms with Crippen LogP contribution in [0.3, 0.4) is 0 Å². The quantitative estimate of drug-likeness (QED) is 0.507. The smallest absolute Gasteiger partial charge is 0.353 e. The highest BCUT2D eigenvalue weighted by molar-refractivity contribution is 7.80. The zero-order valence-electron chi connectivity index (χ0n) is 12.0. The van der Waals surface area contributed by atoms with Crippen LogP contribution in [-0.2, 0) is 0 Å². The summed E-state index contributed by atoms with van der Waals surface area (Å²) in [4.78, 5) is 26.9. The zero-order chi connectivity index (χ0) is 17.1. The lowest BCUT2D eigenvalue weighted by Gasteiger charge is -2.12. The molecule has 0 atom stereocenters. The lowest BCUT2D eigenvalue weighted by atomic mass is 10.1. The highest BCUT2D eigenvalue weighted by atomic mass is 32.1. The van der Waals surface area contributed by atoms with Gasteiger partial charge in [0, 0.05) is 20.2 Å². The van der Waals surface area contributed by atoms with Gasteiger partial charge >= 0.3 is 5.00 Å². The summed E-state index contributed by atoms with van der Waals surface area (Å²) >= 11 is 5.84. The standard InChI is InChI=1S/C12H11N5O4S2/c1-15(2)12(22)14-11-13-9(10(23-11)17(20)21)7-5-3-4-6-8(7)16(18)19/h3-6H,1-2H3,(H,13,14,22). The van der Waals surface area contributed by atoms with Gasteiger partial charge in [0.15, 0.2) is 15.9 Å². The van der Waals surface area contributed by atoms with E-state index in [4.69, 9.17) is 12.2 Å². The first kappa shape index (κ1) is 16.7. The number of nitro benzene ring substituents is 1. The number of nitrogens with zero attached hydrogens (tertiary/aromatic N) is 4. The number of thiazole rings is 1. The Morgan fingerprint density at radius 2 is 1.91 bits per heavy atom. The van der Waals surface area contributed by atoms with E-state index in [2.05, 4.69) is 10.3 Å². The average molecular weight is 353 g/mol. The topological polar surface area (TPSA) is 114 Å². The van der Waals surface area contributed by atoms with Gasteiger partial charge in [-0.2, -0.15) is 0 Å². The molecule has 0 unspecified atom stereocenters. The van der Waals surface area contributed by atoms with Crippen LogP contribution in [0.4, 0.5) is 15.8 Å². The lowest BCUT2D eigenvalue weighted by Crippen LogP contribution is -2.26. The van der Waals surface area contributed by atoms with Crippen molar-refractivity contribution in [1.82, 2.24) is 9.88 Å². The van der Waals surface area contributed by atoms with Gasteiger partial charge in [-0.3, -0.25) is 20.2 Å². The molecule has 23 heavy (non-hydrogen) atoms. The van der Waals surface area contributed by atoms with Gasteiger partial charge in [-0.15, -0.1) is 0 Å². The molecule has 1 aromatic heterocycles. The summed E-state index contributed by atoms with van der Waals surface area (Å²) in [6, 6.07) is 5.74. The first-order chi connectivity index (χ1) is 10.8. The molecular weight excluding hydrogens is 342 g/mol. The van der Waals surface area contributed by atoms with E-state index in [-0.39, 0.29) is 27.1 Å². The maximum atomic E-state index is 11.2. The van der Waals surface area contributed by atoms with Crippen molar-refractivity contribution in [2.24, 2.45) is 0 Å². The molecule has 2 rings (SSSR count). The summed E-state index contributed by atoms with van der Waals surface area (Å²) in [5.74, 6) is 0. The van der Waals surface area contributed by atoms with E-state index in [1.165, 1.54) is 18.2 Å². The fourth-order valence-corrected chi connectivity index (χ4v) is 2.66. The molecule has 0 spiro atoms. The number of rotatable bonds is 4. The average Bonchev–Trinajstić information content (AvgIpc) is 2.91. The first-order valence-electron chi connectivity index (χ1n) is 6.18. The molecule has 1 heterocycles. The summed E-state index contributed by atoms with van der Waals surface area (Å²) in [7, 11) is 3.42. The third-order valence-corrected chi connectivity index (χ3v) is 4.14. The van der Waals surface area contributed by atoms with Crippen LogP contribution in [0.15, 0.2) is 24.3 Å². The molecule has 0 saturated heterocycles. The Morgan fingerprint density at radius 1 is 1.26 bits per heavy atom. The highest BCUT2D eigenvalue weighted by Crippen LogP contribution is 2.40. The number of para-hydroxylation sites is 1. The van der Waals surface area contributed by atoms with Crippen LogP contribution in [0.2, 0.25) is 0 Å². The van der Waals surface area contributed by atoms with Gasteiger partial charge in [-0.25, -0.2) is 4.98 Å².